The van der Waals surface area contributed by atoms with Gasteiger partial charge in [-0.15, -0.1) is 10.2 Å². The van der Waals surface area contributed by atoms with Gasteiger partial charge < -0.3 is 14.8 Å². The van der Waals surface area contributed by atoms with Gasteiger partial charge in [-0.2, -0.15) is 0 Å². The Kier molecular flexibility index (Phi) is 10.1. The zero-order valence-electron chi connectivity index (χ0n) is 20.3. The molecule has 1 aromatic heterocycles. The van der Waals surface area contributed by atoms with Gasteiger partial charge in [-0.1, -0.05) is 61.7 Å². The number of thiocarbonyl (C=S) groups is 1. The van der Waals surface area contributed by atoms with Gasteiger partial charge in [0.1, 0.15) is 9.33 Å². The van der Waals surface area contributed by atoms with Crippen molar-refractivity contribution in [2.24, 2.45) is 5.92 Å². The van der Waals surface area contributed by atoms with Gasteiger partial charge in [0.15, 0.2) is 11.5 Å². The SMILES string of the molecule is COc1ccc(/C=C2\SC(=S)N(CCCCCC(=O)Nc3nnc(CC(C)C)s3)C2=O)cc1OC. The van der Waals surface area contributed by atoms with E-state index in [1.54, 1.807) is 25.2 Å². The molecule has 1 aliphatic rings. The van der Waals surface area contributed by atoms with Crippen molar-refractivity contribution in [1.82, 2.24) is 15.1 Å². The Labute approximate surface area is 219 Å². The summed E-state index contributed by atoms with van der Waals surface area (Å²) in [7, 11) is 3.15. The lowest BCUT2D eigenvalue weighted by molar-refractivity contribution is -0.122. The fourth-order valence-corrected chi connectivity index (χ4v) is 5.71. The van der Waals surface area contributed by atoms with Crippen molar-refractivity contribution in [2.75, 3.05) is 26.1 Å². The summed E-state index contributed by atoms with van der Waals surface area (Å²) in [6, 6.07) is 5.49. The molecule has 3 rings (SSSR count). The lowest BCUT2D eigenvalue weighted by Crippen LogP contribution is -2.29. The molecule has 0 radical (unpaired) electrons. The van der Waals surface area contributed by atoms with Gasteiger partial charge >= 0.3 is 0 Å². The van der Waals surface area contributed by atoms with Crippen molar-refractivity contribution in [1.29, 1.82) is 0 Å². The van der Waals surface area contributed by atoms with Crippen molar-refractivity contribution in [3.8, 4) is 11.5 Å². The minimum absolute atomic E-state index is 0.0688. The average molecular weight is 535 g/mol. The van der Waals surface area contributed by atoms with Crippen LogP contribution >= 0.6 is 35.3 Å². The van der Waals surface area contributed by atoms with Gasteiger partial charge in [-0.25, -0.2) is 0 Å². The van der Waals surface area contributed by atoms with Gasteiger partial charge in [0.25, 0.3) is 5.91 Å². The molecule has 1 saturated heterocycles. The lowest BCUT2D eigenvalue weighted by Gasteiger charge is -2.14. The highest BCUT2D eigenvalue weighted by Gasteiger charge is 2.31. The number of carbonyl (C=O) groups is 2. The molecule has 1 aliphatic heterocycles. The molecule has 0 spiro atoms. The van der Waals surface area contributed by atoms with Gasteiger partial charge in [0.2, 0.25) is 11.0 Å². The molecule has 2 heterocycles. The lowest BCUT2D eigenvalue weighted by atomic mass is 10.1. The number of methoxy groups -OCH3 is 2. The van der Waals surface area contributed by atoms with Crippen molar-refractivity contribution in [3.05, 3.63) is 33.7 Å². The van der Waals surface area contributed by atoms with Crippen molar-refractivity contribution in [3.63, 3.8) is 0 Å². The molecule has 2 amide bonds. The number of amides is 2. The number of hydrogen-bond acceptors (Lipinski definition) is 9. The second-order valence-electron chi connectivity index (χ2n) is 8.41. The van der Waals surface area contributed by atoms with Crippen LogP contribution < -0.4 is 14.8 Å². The van der Waals surface area contributed by atoms with Crippen LogP contribution in [-0.4, -0.2) is 52.0 Å². The van der Waals surface area contributed by atoms with E-state index in [1.807, 2.05) is 18.2 Å². The summed E-state index contributed by atoms with van der Waals surface area (Å²) >= 11 is 8.14. The van der Waals surface area contributed by atoms with Crippen molar-refractivity contribution in [2.45, 2.75) is 46.0 Å². The quantitative estimate of drug-likeness (QED) is 0.227. The van der Waals surface area contributed by atoms with E-state index >= 15 is 0 Å². The molecule has 11 heteroatoms. The van der Waals surface area contributed by atoms with Gasteiger partial charge in [-0.05, 0) is 42.5 Å². The highest BCUT2D eigenvalue weighted by Crippen LogP contribution is 2.34. The van der Waals surface area contributed by atoms with Crippen LogP contribution in [-0.2, 0) is 16.0 Å². The molecule has 0 aliphatic carbocycles. The Morgan fingerprint density at radius 1 is 1.17 bits per heavy atom. The van der Waals surface area contributed by atoms with Gasteiger partial charge in [0, 0.05) is 19.4 Å². The summed E-state index contributed by atoms with van der Waals surface area (Å²) in [4.78, 5) is 27.3. The van der Waals surface area contributed by atoms with Crippen molar-refractivity contribution >= 4 is 62.7 Å². The molecule has 8 nitrogen and oxygen atoms in total. The molecule has 0 unspecified atom stereocenters. The third-order valence-corrected chi connectivity index (χ3v) is 7.40. The number of hydrogen-bond donors (Lipinski definition) is 1. The molecule has 2 aromatic rings. The van der Waals surface area contributed by atoms with E-state index in [0.29, 0.717) is 44.7 Å². The number of nitrogens with one attached hydrogen (secondary N) is 1. The number of ether oxygens (including phenoxy) is 2. The summed E-state index contributed by atoms with van der Waals surface area (Å²) in [5.74, 6) is 1.56. The number of carbonyl (C=O) groups excluding carboxylic acids is 2. The highest BCUT2D eigenvalue weighted by molar-refractivity contribution is 8.26. The largest absolute Gasteiger partial charge is 0.493 e. The Morgan fingerprint density at radius 3 is 2.66 bits per heavy atom. The van der Waals surface area contributed by atoms with Crippen LogP contribution in [0.15, 0.2) is 23.1 Å². The first kappa shape index (κ1) is 27.1. The molecule has 35 heavy (non-hydrogen) atoms. The monoisotopic (exact) mass is 534 g/mol. The van der Waals surface area contributed by atoms with Crippen LogP contribution in [0, 0.1) is 5.92 Å². The molecule has 0 atom stereocenters. The molecule has 0 saturated carbocycles. The standard InChI is InChI=1S/C24H30N4O4S3/c1-15(2)12-21-26-27-23(35-21)25-20(29)8-6-5-7-11-28-22(30)19(34-24(28)33)14-16-9-10-17(31-3)18(13-16)32-4/h9-10,13-15H,5-8,11-12H2,1-4H3,(H,25,27,29)/b19-14-. The fourth-order valence-electron chi connectivity index (χ4n) is 3.44. The first-order valence-corrected chi connectivity index (χ1v) is 13.4. The van der Waals surface area contributed by atoms with Crippen LogP contribution in [0.5, 0.6) is 11.5 Å². The molecule has 1 N–H and O–H groups in total. The number of unbranched alkanes of at least 4 members (excludes halogenated alkanes) is 2. The molecule has 188 valence electrons. The summed E-state index contributed by atoms with van der Waals surface area (Å²) in [5, 5.41) is 12.4. The van der Waals surface area contributed by atoms with Crippen LogP contribution in [0.1, 0.15) is 50.1 Å². The Bertz CT molecular complexity index is 1100. The van der Waals surface area contributed by atoms with E-state index < -0.39 is 0 Å². The summed E-state index contributed by atoms with van der Waals surface area (Å²) in [5.41, 5.74) is 0.834. The minimum atomic E-state index is -0.0963. The second-order valence-corrected chi connectivity index (χ2v) is 11.1. The number of aromatic nitrogens is 2. The molecule has 0 bridgehead atoms. The molecule has 1 aromatic carbocycles. The van der Waals surface area contributed by atoms with E-state index in [4.69, 9.17) is 21.7 Å². The Hall–Kier alpha value is -2.50. The Morgan fingerprint density at radius 2 is 1.94 bits per heavy atom. The van der Waals surface area contributed by atoms with Crippen LogP contribution in [0.4, 0.5) is 5.13 Å². The van der Waals surface area contributed by atoms with Gasteiger partial charge in [-0.3, -0.25) is 14.5 Å². The number of anilines is 1. The molecular formula is C24H30N4O4S3. The predicted octanol–water partition coefficient (Wildman–Crippen LogP) is 5.15. The number of rotatable bonds is 12. The maximum Gasteiger partial charge on any atom is 0.266 e. The summed E-state index contributed by atoms with van der Waals surface area (Å²) in [6.07, 6.45) is 5.37. The fraction of sp³-hybridized carbons (Fsp3) is 0.458. The topological polar surface area (TPSA) is 93.6 Å². The van der Waals surface area contributed by atoms with E-state index in [-0.39, 0.29) is 11.8 Å². The number of nitrogens with zero attached hydrogens (tertiary/aromatic N) is 3. The third-order valence-electron chi connectivity index (χ3n) is 5.16. The predicted molar refractivity (Wildman–Crippen MR) is 145 cm³/mol. The van der Waals surface area contributed by atoms with Crippen LogP contribution in [0.2, 0.25) is 0 Å². The normalized spacial score (nSPS) is 14.8. The zero-order valence-corrected chi connectivity index (χ0v) is 22.8. The average Bonchev–Trinajstić information content (AvgIpc) is 3.36. The first-order chi connectivity index (χ1) is 16.8. The number of thioether (sulfide) groups is 1. The maximum absolute atomic E-state index is 12.9. The van der Waals surface area contributed by atoms with E-state index in [0.717, 1.165) is 36.3 Å². The summed E-state index contributed by atoms with van der Waals surface area (Å²) in [6.45, 7) is 4.77. The third kappa shape index (κ3) is 7.74. The van der Waals surface area contributed by atoms with Crippen LogP contribution in [0.25, 0.3) is 6.08 Å². The number of benzene rings is 1. The molecule has 1 fully saturated rings. The minimum Gasteiger partial charge on any atom is -0.493 e. The van der Waals surface area contributed by atoms with E-state index in [2.05, 4.69) is 29.4 Å². The van der Waals surface area contributed by atoms with Crippen LogP contribution in [0.3, 0.4) is 0 Å². The highest BCUT2D eigenvalue weighted by atomic mass is 32.2. The second kappa shape index (κ2) is 13.0. The first-order valence-electron chi connectivity index (χ1n) is 11.4. The zero-order chi connectivity index (χ0) is 25.4. The maximum atomic E-state index is 12.9. The van der Waals surface area contributed by atoms with Gasteiger partial charge in [0.05, 0.1) is 19.1 Å². The smallest absolute Gasteiger partial charge is 0.266 e. The van der Waals surface area contributed by atoms with E-state index in [1.165, 1.54) is 23.1 Å². The molecular weight excluding hydrogens is 504 g/mol. The summed E-state index contributed by atoms with van der Waals surface area (Å²) < 4.78 is 11.1. The van der Waals surface area contributed by atoms with E-state index in [9.17, 15) is 9.59 Å². The van der Waals surface area contributed by atoms with Crippen molar-refractivity contribution < 1.29 is 19.1 Å². The Balaban J connectivity index is 1.43.